The number of nitriles is 1. The molecule has 188 valence electrons. The first kappa shape index (κ1) is 24.5. The molecule has 9 heteroatoms. The molecule has 0 radical (unpaired) electrons. The molecule has 1 aliphatic heterocycles. The standard InChI is InChI=1S/C27H34N7OP/c1-16(2)20-15-31-34-23(32-18-9-10-27(3,4)30-13-18)11-22(33-26(20)34)21-14-29-24-19(21)8-7-17(12-28)25(24)36(5,6)35/h7-8,11,14-16,18,29-30,32H,9-10,13H2,1-6H3/t18-/m0/s1. The first-order chi connectivity index (χ1) is 17.0. The van der Waals surface area contributed by atoms with E-state index >= 15 is 0 Å². The maximum Gasteiger partial charge on any atom is 0.161 e. The number of hydrogen-bond donors (Lipinski definition) is 3. The van der Waals surface area contributed by atoms with Crippen LogP contribution in [-0.4, -0.2) is 51.0 Å². The van der Waals surface area contributed by atoms with E-state index in [0.29, 0.717) is 10.9 Å². The molecule has 0 amide bonds. The first-order valence-corrected chi connectivity index (χ1v) is 15.1. The molecule has 1 fully saturated rings. The minimum absolute atomic E-state index is 0.148. The number of aromatic amines is 1. The molecular formula is C27H34N7OP. The molecule has 4 heterocycles. The van der Waals surface area contributed by atoms with Crippen LogP contribution in [0.2, 0.25) is 0 Å². The molecule has 0 saturated carbocycles. The molecule has 5 rings (SSSR count). The lowest BCUT2D eigenvalue weighted by atomic mass is 9.91. The number of nitrogens with one attached hydrogen (secondary N) is 3. The van der Waals surface area contributed by atoms with Gasteiger partial charge in [0.25, 0.3) is 0 Å². The van der Waals surface area contributed by atoms with E-state index in [4.69, 9.17) is 4.98 Å². The third-order valence-corrected chi connectivity index (χ3v) is 8.72. The molecule has 0 aliphatic carbocycles. The van der Waals surface area contributed by atoms with Crippen molar-refractivity contribution in [3.8, 4) is 17.3 Å². The van der Waals surface area contributed by atoms with E-state index in [9.17, 15) is 9.83 Å². The molecule has 1 saturated heterocycles. The van der Waals surface area contributed by atoms with E-state index in [0.717, 1.165) is 58.6 Å². The molecule has 3 aromatic heterocycles. The van der Waals surface area contributed by atoms with Gasteiger partial charge in [-0.25, -0.2) is 4.98 Å². The van der Waals surface area contributed by atoms with Gasteiger partial charge in [-0.1, -0.05) is 19.9 Å². The van der Waals surface area contributed by atoms with Crippen molar-refractivity contribution in [2.75, 3.05) is 25.2 Å². The van der Waals surface area contributed by atoms with Crippen LogP contribution in [0.4, 0.5) is 5.82 Å². The summed E-state index contributed by atoms with van der Waals surface area (Å²) in [6.45, 7) is 13.1. The summed E-state index contributed by atoms with van der Waals surface area (Å²) in [4.78, 5) is 8.36. The zero-order chi connectivity index (χ0) is 25.8. The average molecular weight is 504 g/mol. The topological polar surface area (TPSA) is 111 Å². The van der Waals surface area contributed by atoms with Gasteiger partial charge in [-0.15, -0.1) is 0 Å². The fourth-order valence-electron chi connectivity index (χ4n) is 5.13. The fourth-order valence-corrected chi connectivity index (χ4v) is 6.56. The Bertz CT molecular complexity index is 1540. The highest BCUT2D eigenvalue weighted by Crippen LogP contribution is 2.41. The van der Waals surface area contributed by atoms with Crippen LogP contribution in [0.1, 0.15) is 57.6 Å². The maximum absolute atomic E-state index is 13.1. The van der Waals surface area contributed by atoms with E-state index in [-0.39, 0.29) is 17.5 Å². The highest BCUT2D eigenvalue weighted by Gasteiger charge is 2.27. The van der Waals surface area contributed by atoms with E-state index in [1.54, 1.807) is 19.4 Å². The van der Waals surface area contributed by atoms with Crippen molar-refractivity contribution in [3.63, 3.8) is 0 Å². The number of hydrogen-bond acceptors (Lipinski definition) is 6. The van der Waals surface area contributed by atoms with Crippen molar-refractivity contribution in [1.82, 2.24) is 24.9 Å². The molecule has 36 heavy (non-hydrogen) atoms. The van der Waals surface area contributed by atoms with Gasteiger partial charge in [0.15, 0.2) is 5.65 Å². The third kappa shape index (κ3) is 4.31. The van der Waals surface area contributed by atoms with Gasteiger partial charge in [-0.2, -0.15) is 14.9 Å². The highest BCUT2D eigenvalue weighted by molar-refractivity contribution is 7.70. The van der Waals surface area contributed by atoms with Gasteiger partial charge in [0.1, 0.15) is 13.0 Å². The van der Waals surface area contributed by atoms with Crippen molar-refractivity contribution in [2.45, 2.75) is 58.0 Å². The monoisotopic (exact) mass is 503 g/mol. The van der Waals surface area contributed by atoms with Gasteiger partial charge in [-0.05, 0) is 52.0 Å². The quantitative estimate of drug-likeness (QED) is 0.328. The van der Waals surface area contributed by atoms with E-state index in [1.165, 1.54) is 0 Å². The Morgan fingerprint density at radius 3 is 2.72 bits per heavy atom. The Morgan fingerprint density at radius 2 is 2.08 bits per heavy atom. The number of fused-ring (bicyclic) bond motifs is 2. The summed E-state index contributed by atoms with van der Waals surface area (Å²) in [6, 6.07) is 8.22. The van der Waals surface area contributed by atoms with E-state index in [1.807, 2.05) is 29.0 Å². The minimum Gasteiger partial charge on any atom is -0.366 e. The number of benzene rings is 1. The van der Waals surface area contributed by atoms with Crippen molar-refractivity contribution in [1.29, 1.82) is 5.26 Å². The molecule has 0 bridgehead atoms. The second-order valence-electron chi connectivity index (χ2n) is 11.2. The van der Waals surface area contributed by atoms with Crippen molar-refractivity contribution >= 4 is 34.8 Å². The summed E-state index contributed by atoms with van der Waals surface area (Å²) in [5, 5.41) is 23.2. The Morgan fingerprint density at radius 1 is 1.31 bits per heavy atom. The summed E-state index contributed by atoms with van der Waals surface area (Å²) in [5.74, 6) is 1.17. The molecule has 1 atom stereocenters. The van der Waals surface area contributed by atoms with Crippen molar-refractivity contribution < 1.29 is 4.57 Å². The van der Waals surface area contributed by atoms with Gasteiger partial charge < -0.3 is 20.2 Å². The summed E-state index contributed by atoms with van der Waals surface area (Å²) in [5.41, 5.74) is 4.96. The van der Waals surface area contributed by atoms with Crippen LogP contribution < -0.4 is 15.9 Å². The van der Waals surface area contributed by atoms with Crippen LogP contribution in [0.5, 0.6) is 0 Å². The predicted molar refractivity (Wildman–Crippen MR) is 147 cm³/mol. The molecule has 0 spiro atoms. The first-order valence-electron chi connectivity index (χ1n) is 12.5. The van der Waals surface area contributed by atoms with Crippen molar-refractivity contribution in [2.24, 2.45) is 0 Å². The fraction of sp³-hybridized carbons (Fsp3) is 0.444. The highest BCUT2D eigenvalue weighted by atomic mass is 31.2. The lowest BCUT2D eigenvalue weighted by molar-refractivity contribution is 0.289. The second-order valence-corrected chi connectivity index (χ2v) is 14.4. The van der Waals surface area contributed by atoms with Crippen LogP contribution in [0.3, 0.4) is 0 Å². The largest absolute Gasteiger partial charge is 0.366 e. The van der Waals surface area contributed by atoms with Crippen LogP contribution in [0.25, 0.3) is 27.8 Å². The second kappa shape index (κ2) is 8.76. The normalized spacial score (nSPS) is 18.1. The molecular weight excluding hydrogens is 469 g/mol. The molecule has 3 N–H and O–H groups in total. The van der Waals surface area contributed by atoms with Gasteiger partial charge in [0.2, 0.25) is 0 Å². The molecule has 4 aromatic rings. The summed E-state index contributed by atoms with van der Waals surface area (Å²) in [7, 11) is -2.70. The molecule has 0 unspecified atom stereocenters. The summed E-state index contributed by atoms with van der Waals surface area (Å²) >= 11 is 0. The zero-order valence-corrected chi connectivity index (χ0v) is 22.7. The van der Waals surface area contributed by atoms with E-state index < -0.39 is 7.14 Å². The van der Waals surface area contributed by atoms with Crippen molar-refractivity contribution in [3.05, 3.63) is 41.7 Å². The number of piperidine rings is 1. The van der Waals surface area contributed by atoms with Crippen LogP contribution in [0.15, 0.2) is 30.6 Å². The van der Waals surface area contributed by atoms with E-state index in [2.05, 4.69) is 54.5 Å². The lowest BCUT2D eigenvalue weighted by Gasteiger charge is -2.36. The van der Waals surface area contributed by atoms with Crippen LogP contribution in [0, 0.1) is 11.3 Å². The number of nitrogens with zero attached hydrogens (tertiary/aromatic N) is 4. The number of aromatic nitrogens is 4. The molecule has 8 nitrogen and oxygen atoms in total. The SMILES string of the molecule is CC(C)c1cnn2c(N[C@H]3CCC(C)(C)NC3)cc(-c3c[nH]c4c(P(C)(C)=O)c(C#N)ccc34)nc12. The summed E-state index contributed by atoms with van der Waals surface area (Å²) in [6.07, 6.45) is 5.96. The smallest absolute Gasteiger partial charge is 0.161 e. The summed E-state index contributed by atoms with van der Waals surface area (Å²) < 4.78 is 15.0. The lowest BCUT2D eigenvalue weighted by Crippen LogP contribution is -2.50. The minimum atomic E-state index is -2.70. The van der Waals surface area contributed by atoms with Gasteiger partial charge >= 0.3 is 0 Å². The van der Waals surface area contributed by atoms with Gasteiger partial charge in [-0.3, -0.25) is 0 Å². The third-order valence-electron chi connectivity index (χ3n) is 7.18. The number of H-pyrrole nitrogens is 1. The Labute approximate surface area is 211 Å². The predicted octanol–water partition coefficient (Wildman–Crippen LogP) is 5.06. The maximum atomic E-state index is 13.1. The van der Waals surface area contributed by atoms with Crippen LogP contribution >= 0.6 is 7.14 Å². The van der Waals surface area contributed by atoms with Gasteiger partial charge in [0, 0.05) is 46.9 Å². The van der Waals surface area contributed by atoms with Gasteiger partial charge in [0.05, 0.1) is 34.3 Å². The Kier molecular flexibility index (Phi) is 5.97. The number of rotatable bonds is 5. The average Bonchev–Trinajstić information content (AvgIpc) is 3.43. The molecule has 1 aromatic carbocycles. The Balaban J connectivity index is 1.67. The number of anilines is 1. The van der Waals surface area contributed by atoms with Crippen LogP contribution in [-0.2, 0) is 4.57 Å². The molecule has 1 aliphatic rings. The zero-order valence-electron chi connectivity index (χ0n) is 21.8. The Hall–Kier alpha value is -3.14.